The molecule has 128 valence electrons. The number of hydrogen-bond acceptors (Lipinski definition) is 5. The van der Waals surface area contributed by atoms with Gasteiger partial charge in [0, 0.05) is 28.8 Å². The van der Waals surface area contributed by atoms with Gasteiger partial charge in [0.1, 0.15) is 17.3 Å². The van der Waals surface area contributed by atoms with Crippen LogP contribution < -0.4 is 4.74 Å². The third-order valence-corrected chi connectivity index (χ3v) is 4.11. The van der Waals surface area contributed by atoms with E-state index in [-0.39, 0.29) is 17.2 Å². The van der Waals surface area contributed by atoms with Crippen LogP contribution in [0.1, 0.15) is 16.1 Å². The van der Waals surface area contributed by atoms with E-state index in [1.165, 1.54) is 18.2 Å². The number of benzene rings is 2. The first-order chi connectivity index (χ1) is 12.5. The van der Waals surface area contributed by atoms with E-state index in [9.17, 15) is 14.9 Å². The topological polar surface area (TPSA) is 82.6 Å². The second-order valence-electron chi connectivity index (χ2n) is 5.59. The summed E-state index contributed by atoms with van der Waals surface area (Å²) in [5.74, 6) is 1.13. The molecule has 2 aromatic carbocycles. The van der Waals surface area contributed by atoms with E-state index in [4.69, 9.17) is 20.8 Å². The highest BCUT2D eigenvalue weighted by atomic mass is 35.5. The Hall–Kier alpha value is -3.38. The highest BCUT2D eigenvalue weighted by molar-refractivity contribution is 6.31. The molecule has 0 spiro atoms. The number of ether oxygens (including phenoxy) is 1. The molecule has 4 rings (SSSR count). The lowest BCUT2D eigenvalue weighted by Crippen LogP contribution is -1.97. The first-order valence-electron chi connectivity index (χ1n) is 7.60. The quantitative estimate of drug-likeness (QED) is 0.364. The predicted octanol–water partition coefficient (Wildman–Crippen LogP) is 5.12. The zero-order chi connectivity index (χ0) is 18.3. The number of allylic oxidation sites excluding steroid dienone is 1. The molecule has 0 N–H and O–H groups in total. The van der Waals surface area contributed by atoms with Crippen LogP contribution in [0.3, 0.4) is 0 Å². The number of ketones is 1. The first-order valence-corrected chi connectivity index (χ1v) is 7.97. The molecule has 0 fully saturated rings. The van der Waals surface area contributed by atoms with E-state index < -0.39 is 4.92 Å². The summed E-state index contributed by atoms with van der Waals surface area (Å²) in [6.45, 7) is 0. The van der Waals surface area contributed by atoms with Crippen LogP contribution in [0.4, 0.5) is 5.69 Å². The van der Waals surface area contributed by atoms with Crippen LogP contribution in [0, 0.1) is 10.1 Å². The third-order valence-electron chi connectivity index (χ3n) is 3.87. The number of carbonyl (C=O) groups is 1. The van der Waals surface area contributed by atoms with Crippen molar-refractivity contribution in [1.29, 1.82) is 0 Å². The minimum Gasteiger partial charge on any atom is -0.457 e. The molecule has 0 atom stereocenters. The number of non-ortho nitro benzene ring substituents is 1. The second kappa shape index (κ2) is 6.16. The van der Waals surface area contributed by atoms with Crippen molar-refractivity contribution in [3.8, 4) is 17.1 Å². The van der Waals surface area contributed by atoms with Gasteiger partial charge in [0.15, 0.2) is 5.76 Å². The number of nitrogens with zero attached hydrogens (tertiary/aromatic N) is 1. The van der Waals surface area contributed by atoms with Crippen molar-refractivity contribution in [1.82, 2.24) is 0 Å². The van der Waals surface area contributed by atoms with Crippen molar-refractivity contribution >= 4 is 29.1 Å². The fourth-order valence-electron chi connectivity index (χ4n) is 2.65. The van der Waals surface area contributed by atoms with E-state index in [0.717, 1.165) is 0 Å². The van der Waals surface area contributed by atoms with Gasteiger partial charge in [-0.3, -0.25) is 14.9 Å². The molecule has 0 bridgehead atoms. The Morgan fingerprint density at radius 3 is 2.73 bits per heavy atom. The highest BCUT2D eigenvalue weighted by Gasteiger charge is 2.27. The fraction of sp³-hybridized carbons (Fsp3) is 0. The van der Waals surface area contributed by atoms with Gasteiger partial charge in [-0.15, -0.1) is 0 Å². The molecule has 0 saturated carbocycles. The smallest absolute Gasteiger partial charge is 0.270 e. The lowest BCUT2D eigenvalue weighted by molar-refractivity contribution is -0.384. The zero-order valence-corrected chi connectivity index (χ0v) is 13.9. The Morgan fingerprint density at radius 2 is 1.92 bits per heavy atom. The predicted molar refractivity (Wildman–Crippen MR) is 95.2 cm³/mol. The minimum atomic E-state index is -0.470. The number of nitro groups is 1. The van der Waals surface area contributed by atoms with Crippen molar-refractivity contribution in [2.75, 3.05) is 0 Å². The van der Waals surface area contributed by atoms with Gasteiger partial charge >= 0.3 is 0 Å². The number of hydrogen-bond donors (Lipinski definition) is 0. The molecule has 0 amide bonds. The van der Waals surface area contributed by atoms with Gasteiger partial charge < -0.3 is 9.15 Å². The molecule has 0 unspecified atom stereocenters. The number of furan rings is 1. The van der Waals surface area contributed by atoms with Crippen LogP contribution in [-0.2, 0) is 0 Å². The van der Waals surface area contributed by atoms with Gasteiger partial charge in [-0.2, -0.15) is 0 Å². The van der Waals surface area contributed by atoms with Gasteiger partial charge in [-0.1, -0.05) is 23.7 Å². The first kappa shape index (κ1) is 16.1. The SMILES string of the molecule is O=C1C(=Cc2ccc(-c3cccc([N+](=O)[O-])c3)o2)Oc2ccc(Cl)cc21. The Kier molecular flexibility index (Phi) is 3.82. The van der Waals surface area contributed by atoms with Crippen molar-refractivity contribution in [3.63, 3.8) is 0 Å². The van der Waals surface area contributed by atoms with Gasteiger partial charge in [0.2, 0.25) is 5.78 Å². The summed E-state index contributed by atoms with van der Waals surface area (Å²) in [6, 6.07) is 14.3. The monoisotopic (exact) mass is 367 g/mol. The van der Waals surface area contributed by atoms with Crippen LogP contribution >= 0.6 is 11.6 Å². The number of nitro benzene ring substituents is 1. The molecular weight excluding hydrogens is 358 g/mol. The summed E-state index contributed by atoms with van der Waals surface area (Å²) in [5.41, 5.74) is 0.937. The molecule has 7 heteroatoms. The number of Topliss-reactive ketones (excluding diaryl/α,β-unsaturated/α-hetero) is 1. The largest absolute Gasteiger partial charge is 0.457 e. The van der Waals surface area contributed by atoms with Gasteiger partial charge in [-0.25, -0.2) is 0 Å². The molecule has 1 aliphatic heterocycles. The maximum Gasteiger partial charge on any atom is 0.270 e. The third kappa shape index (κ3) is 2.87. The van der Waals surface area contributed by atoms with E-state index in [1.807, 2.05) is 0 Å². The van der Waals surface area contributed by atoms with Crippen LogP contribution in [0.25, 0.3) is 17.4 Å². The summed E-state index contributed by atoms with van der Waals surface area (Å²) >= 11 is 5.91. The van der Waals surface area contributed by atoms with Crippen molar-refractivity contribution < 1.29 is 18.9 Å². The van der Waals surface area contributed by atoms with Gasteiger partial charge in [0.25, 0.3) is 5.69 Å². The number of rotatable bonds is 3. The van der Waals surface area contributed by atoms with Crippen LogP contribution in [-0.4, -0.2) is 10.7 Å². The summed E-state index contributed by atoms with van der Waals surface area (Å²) < 4.78 is 11.2. The van der Waals surface area contributed by atoms with E-state index >= 15 is 0 Å². The highest BCUT2D eigenvalue weighted by Crippen LogP contribution is 2.34. The summed E-state index contributed by atoms with van der Waals surface area (Å²) in [7, 11) is 0. The normalized spacial score (nSPS) is 14.3. The summed E-state index contributed by atoms with van der Waals surface area (Å²) in [4.78, 5) is 22.8. The molecule has 1 aromatic heterocycles. The lowest BCUT2D eigenvalue weighted by atomic mass is 10.1. The van der Waals surface area contributed by atoms with Crippen molar-refractivity contribution in [2.24, 2.45) is 0 Å². The number of halogens is 1. The molecular formula is C19H10ClNO5. The fourth-order valence-corrected chi connectivity index (χ4v) is 2.82. The van der Waals surface area contributed by atoms with Crippen molar-refractivity contribution in [2.45, 2.75) is 0 Å². The van der Waals surface area contributed by atoms with E-state index in [0.29, 0.717) is 33.4 Å². The lowest BCUT2D eigenvalue weighted by Gasteiger charge is -1.98. The van der Waals surface area contributed by atoms with Gasteiger partial charge in [0.05, 0.1) is 10.5 Å². The maximum absolute atomic E-state index is 12.4. The molecule has 3 aromatic rings. The van der Waals surface area contributed by atoms with E-state index in [1.54, 1.807) is 42.5 Å². The Bertz CT molecular complexity index is 1080. The molecule has 0 aliphatic carbocycles. The average Bonchev–Trinajstić information content (AvgIpc) is 3.21. The Balaban J connectivity index is 1.64. The Morgan fingerprint density at radius 1 is 1.08 bits per heavy atom. The van der Waals surface area contributed by atoms with Crippen LogP contribution in [0.15, 0.2) is 64.8 Å². The standard InChI is InChI=1S/C19H10ClNO5/c20-12-4-6-17-15(9-12)19(22)18(26-17)10-14-5-7-16(25-14)11-2-1-3-13(8-11)21(23)24/h1-10H. The zero-order valence-electron chi connectivity index (χ0n) is 13.1. The maximum atomic E-state index is 12.4. The van der Waals surface area contributed by atoms with E-state index in [2.05, 4.69) is 0 Å². The molecule has 0 radical (unpaired) electrons. The Labute approximate surface area is 152 Å². The average molecular weight is 368 g/mol. The molecule has 6 nitrogen and oxygen atoms in total. The summed E-state index contributed by atoms with van der Waals surface area (Å²) in [6.07, 6.45) is 1.48. The minimum absolute atomic E-state index is 0.0274. The van der Waals surface area contributed by atoms with Crippen molar-refractivity contribution in [3.05, 3.63) is 86.8 Å². The molecule has 26 heavy (non-hydrogen) atoms. The van der Waals surface area contributed by atoms with Crippen LogP contribution in [0.2, 0.25) is 5.02 Å². The molecule has 0 saturated heterocycles. The van der Waals surface area contributed by atoms with Gasteiger partial charge in [-0.05, 0) is 30.3 Å². The molecule has 2 heterocycles. The van der Waals surface area contributed by atoms with Crippen LogP contribution in [0.5, 0.6) is 5.75 Å². The number of fused-ring (bicyclic) bond motifs is 1. The summed E-state index contributed by atoms with van der Waals surface area (Å²) in [5, 5.41) is 11.3. The number of carbonyl (C=O) groups excluding carboxylic acids is 1. The molecule has 1 aliphatic rings. The second-order valence-corrected chi connectivity index (χ2v) is 6.03.